The number of primary amides is 1. The average Bonchev–Trinajstić information content (AvgIpc) is 3.07. The van der Waals surface area contributed by atoms with E-state index in [1.807, 2.05) is 30.3 Å². The molecule has 1 aliphatic rings. The highest BCUT2D eigenvalue weighted by molar-refractivity contribution is 5.95. The van der Waals surface area contributed by atoms with Crippen LogP contribution in [-0.4, -0.2) is 32.8 Å². The van der Waals surface area contributed by atoms with Crippen LogP contribution in [0.2, 0.25) is 0 Å². The lowest BCUT2D eigenvalue weighted by molar-refractivity contribution is 0.0985. The summed E-state index contributed by atoms with van der Waals surface area (Å²) >= 11 is 0. The van der Waals surface area contributed by atoms with Crippen LogP contribution in [0.25, 0.3) is 6.08 Å². The second kappa shape index (κ2) is 6.77. The largest absolute Gasteiger partial charge is 0.364 e. The van der Waals surface area contributed by atoms with Crippen molar-refractivity contribution in [1.29, 1.82) is 0 Å². The number of carbonyl (C=O) groups is 1. The second-order valence-corrected chi connectivity index (χ2v) is 6.43. The molecule has 0 bridgehead atoms. The maximum Gasteiger partial charge on any atom is 0.269 e. The third-order valence-electron chi connectivity index (χ3n) is 4.89. The highest BCUT2D eigenvalue weighted by Crippen LogP contribution is 2.41. The summed E-state index contributed by atoms with van der Waals surface area (Å²) < 4.78 is 6.96. The summed E-state index contributed by atoms with van der Waals surface area (Å²) in [5, 5.41) is 4.37. The molecule has 27 heavy (non-hydrogen) atoms. The number of nitrogens with two attached hydrogens (primary N) is 1. The second-order valence-electron chi connectivity index (χ2n) is 6.43. The Morgan fingerprint density at radius 3 is 2.78 bits per heavy atom. The number of amides is 1. The van der Waals surface area contributed by atoms with E-state index in [2.05, 4.69) is 33.3 Å². The Morgan fingerprint density at radius 1 is 1.30 bits per heavy atom. The molecule has 1 unspecified atom stereocenters. The number of allylic oxidation sites excluding steroid dienone is 1. The van der Waals surface area contributed by atoms with E-state index in [9.17, 15) is 4.79 Å². The number of nitrogens with zero attached hydrogens (tertiary/aromatic N) is 4. The summed E-state index contributed by atoms with van der Waals surface area (Å²) in [5.74, 6) is -0.556. The third kappa shape index (κ3) is 2.82. The van der Waals surface area contributed by atoms with E-state index < -0.39 is 11.3 Å². The molecule has 0 aliphatic heterocycles. The van der Waals surface area contributed by atoms with Gasteiger partial charge in [0, 0.05) is 25.3 Å². The molecule has 136 valence electrons. The first-order valence-electron chi connectivity index (χ1n) is 8.55. The monoisotopic (exact) mass is 361 g/mol. The zero-order chi connectivity index (χ0) is 18.9. The Balaban J connectivity index is 1.93. The van der Waals surface area contributed by atoms with Gasteiger partial charge in [0.1, 0.15) is 13.1 Å². The van der Waals surface area contributed by atoms with Gasteiger partial charge in [0.25, 0.3) is 5.91 Å². The number of carbonyl (C=O) groups excluding carboxylic acids is 1. The number of hydrogen-bond donors (Lipinski definition) is 1. The first kappa shape index (κ1) is 17.1. The van der Waals surface area contributed by atoms with E-state index in [4.69, 9.17) is 10.5 Å². The molecule has 0 radical (unpaired) electrons. The predicted molar refractivity (Wildman–Crippen MR) is 99.7 cm³/mol. The van der Waals surface area contributed by atoms with Gasteiger partial charge < -0.3 is 10.5 Å². The minimum absolute atomic E-state index is 0.234. The van der Waals surface area contributed by atoms with Gasteiger partial charge in [-0.25, -0.2) is 14.6 Å². The summed E-state index contributed by atoms with van der Waals surface area (Å²) in [6, 6.07) is 12.0. The van der Waals surface area contributed by atoms with Crippen LogP contribution in [0.5, 0.6) is 0 Å². The lowest BCUT2D eigenvalue weighted by Crippen LogP contribution is -2.32. The van der Waals surface area contributed by atoms with Crippen molar-refractivity contribution in [3.63, 3.8) is 0 Å². The van der Waals surface area contributed by atoms with Crippen molar-refractivity contribution < 1.29 is 9.53 Å². The number of rotatable bonds is 5. The molecule has 0 saturated carbocycles. The number of fused-ring (bicyclic) bond motifs is 1. The fourth-order valence-corrected chi connectivity index (χ4v) is 3.64. The Hall–Kier alpha value is -3.32. The van der Waals surface area contributed by atoms with Gasteiger partial charge >= 0.3 is 0 Å². The van der Waals surface area contributed by atoms with Gasteiger partial charge in [0.05, 0.1) is 16.8 Å². The molecule has 1 amide bonds. The van der Waals surface area contributed by atoms with Crippen LogP contribution >= 0.6 is 0 Å². The zero-order valence-corrected chi connectivity index (χ0v) is 14.9. The Bertz CT molecular complexity index is 956. The molecule has 2 aromatic heterocycles. The van der Waals surface area contributed by atoms with Gasteiger partial charge in [0.15, 0.2) is 5.69 Å². The smallest absolute Gasteiger partial charge is 0.269 e. The predicted octanol–water partition coefficient (Wildman–Crippen LogP) is 1.93. The van der Waals surface area contributed by atoms with Gasteiger partial charge in [-0.2, -0.15) is 5.10 Å². The Kier molecular flexibility index (Phi) is 4.29. The van der Waals surface area contributed by atoms with Crippen LogP contribution in [0, 0.1) is 0 Å². The normalized spacial score (nSPS) is 18.3. The van der Waals surface area contributed by atoms with E-state index in [0.29, 0.717) is 6.42 Å². The minimum Gasteiger partial charge on any atom is -0.364 e. The third-order valence-corrected chi connectivity index (χ3v) is 4.89. The van der Waals surface area contributed by atoms with Gasteiger partial charge in [0.2, 0.25) is 0 Å². The first-order chi connectivity index (χ1) is 13.2. The van der Waals surface area contributed by atoms with Crippen LogP contribution in [0.1, 0.15) is 33.0 Å². The number of hydrogen-bond acceptors (Lipinski definition) is 5. The molecule has 1 aliphatic carbocycles. The summed E-state index contributed by atoms with van der Waals surface area (Å²) in [6.07, 6.45) is 7.83. The standard InChI is InChI=1S/C20H19N5O2/c1-27-13-25-16-11-20(14-5-3-2-4-6-14,17-8-10-22-12-23-17)9-7-15(16)18(24-25)19(21)26/h2-10,12H,11,13H2,1H3,(H2,21,26). The highest BCUT2D eigenvalue weighted by atomic mass is 16.5. The number of benzene rings is 1. The maximum atomic E-state index is 11.8. The van der Waals surface area contributed by atoms with E-state index in [1.54, 1.807) is 24.3 Å². The van der Waals surface area contributed by atoms with Crippen LogP contribution in [-0.2, 0) is 23.3 Å². The maximum absolute atomic E-state index is 11.8. The van der Waals surface area contributed by atoms with Crippen molar-refractivity contribution >= 4 is 12.0 Å². The van der Waals surface area contributed by atoms with E-state index in [-0.39, 0.29) is 12.4 Å². The topological polar surface area (TPSA) is 95.9 Å². The van der Waals surface area contributed by atoms with Crippen LogP contribution < -0.4 is 5.73 Å². The summed E-state index contributed by atoms with van der Waals surface area (Å²) in [7, 11) is 1.59. The van der Waals surface area contributed by atoms with Crippen LogP contribution in [0.4, 0.5) is 0 Å². The molecule has 0 spiro atoms. The molecule has 7 nitrogen and oxygen atoms in total. The molecular formula is C20H19N5O2. The van der Waals surface area contributed by atoms with Gasteiger partial charge in [-0.15, -0.1) is 0 Å². The molecule has 2 N–H and O–H groups in total. The molecule has 0 fully saturated rings. The fraction of sp³-hybridized carbons (Fsp3) is 0.200. The molecule has 2 heterocycles. The van der Waals surface area contributed by atoms with Crippen molar-refractivity contribution in [1.82, 2.24) is 19.7 Å². The Labute approximate surface area is 156 Å². The van der Waals surface area contributed by atoms with E-state index in [1.165, 1.54) is 0 Å². The summed E-state index contributed by atoms with van der Waals surface area (Å²) in [4.78, 5) is 20.4. The van der Waals surface area contributed by atoms with E-state index >= 15 is 0 Å². The van der Waals surface area contributed by atoms with Crippen molar-refractivity contribution in [2.45, 2.75) is 18.6 Å². The molecule has 0 saturated heterocycles. The minimum atomic E-state index is -0.556. The molecular weight excluding hydrogens is 342 g/mol. The first-order valence-corrected chi connectivity index (χ1v) is 8.55. The summed E-state index contributed by atoms with van der Waals surface area (Å²) in [6.45, 7) is 0.234. The van der Waals surface area contributed by atoms with Crippen LogP contribution in [0.3, 0.4) is 0 Å². The van der Waals surface area contributed by atoms with Crippen molar-refractivity contribution in [2.75, 3.05) is 7.11 Å². The molecule has 1 aromatic carbocycles. The lowest BCUT2D eigenvalue weighted by Gasteiger charge is -2.33. The summed E-state index contributed by atoms with van der Waals surface area (Å²) in [5.41, 5.74) is 8.86. The van der Waals surface area contributed by atoms with Crippen molar-refractivity contribution in [3.8, 4) is 0 Å². The van der Waals surface area contributed by atoms with Gasteiger partial charge in [-0.1, -0.05) is 42.5 Å². The van der Waals surface area contributed by atoms with Crippen molar-refractivity contribution in [2.24, 2.45) is 5.73 Å². The molecule has 1 atom stereocenters. The molecule has 7 heteroatoms. The quantitative estimate of drug-likeness (QED) is 0.749. The number of ether oxygens (including phenoxy) is 1. The van der Waals surface area contributed by atoms with Crippen molar-refractivity contribution in [3.05, 3.63) is 83.2 Å². The molecule has 4 rings (SSSR count). The van der Waals surface area contributed by atoms with E-state index in [0.717, 1.165) is 22.5 Å². The zero-order valence-electron chi connectivity index (χ0n) is 14.9. The number of aromatic nitrogens is 4. The van der Waals surface area contributed by atoms with Crippen LogP contribution in [0.15, 0.2) is 55.0 Å². The fourth-order valence-electron chi connectivity index (χ4n) is 3.64. The Morgan fingerprint density at radius 2 is 2.11 bits per heavy atom. The average molecular weight is 361 g/mol. The van der Waals surface area contributed by atoms with Gasteiger partial charge in [-0.3, -0.25) is 4.79 Å². The molecule has 3 aromatic rings. The lowest BCUT2D eigenvalue weighted by atomic mass is 9.70. The highest BCUT2D eigenvalue weighted by Gasteiger charge is 2.39. The SMILES string of the molecule is COCn1nc(C(N)=O)c2c1CC(c1ccccc1)(c1ccncn1)C=C2. The number of methoxy groups -OCH3 is 1. The van der Waals surface area contributed by atoms with Gasteiger partial charge in [-0.05, 0) is 11.6 Å².